The first kappa shape index (κ1) is 14.9. The molecule has 0 bridgehead atoms. The number of nitrogens with one attached hydrogen (secondary N) is 1. The van der Waals surface area contributed by atoms with Crippen LogP contribution < -0.4 is 5.32 Å². The molecule has 1 aromatic rings. The molecule has 4 heteroatoms. The number of aliphatic hydroxyl groups is 1. The van der Waals surface area contributed by atoms with Crippen molar-refractivity contribution in [3.8, 4) is 0 Å². The number of fused-ring (bicyclic) bond motifs is 1. The van der Waals surface area contributed by atoms with E-state index in [9.17, 15) is 9.90 Å². The monoisotopic (exact) mass is 276 g/mol. The third-order valence-corrected chi connectivity index (χ3v) is 3.88. The maximum absolute atomic E-state index is 11.9. The van der Waals surface area contributed by atoms with Gasteiger partial charge in [0.05, 0.1) is 6.10 Å². The number of urea groups is 1. The van der Waals surface area contributed by atoms with Crippen molar-refractivity contribution in [2.75, 3.05) is 20.1 Å². The molecule has 0 aliphatic heterocycles. The minimum atomic E-state index is -0.499. The van der Waals surface area contributed by atoms with Crippen LogP contribution >= 0.6 is 0 Å². The van der Waals surface area contributed by atoms with E-state index in [4.69, 9.17) is 0 Å². The predicted molar refractivity (Wildman–Crippen MR) is 79.8 cm³/mol. The van der Waals surface area contributed by atoms with E-state index < -0.39 is 6.10 Å². The van der Waals surface area contributed by atoms with Crippen molar-refractivity contribution in [2.45, 2.75) is 38.2 Å². The lowest BCUT2D eigenvalue weighted by Gasteiger charge is -2.27. The summed E-state index contributed by atoms with van der Waals surface area (Å²) in [5.41, 5.74) is 2.78. The van der Waals surface area contributed by atoms with Crippen LogP contribution in [0.2, 0.25) is 0 Å². The lowest BCUT2D eigenvalue weighted by atomic mass is 9.83. The number of carbonyl (C=O) groups is 1. The van der Waals surface area contributed by atoms with Gasteiger partial charge in [0.25, 0.3) is 0 Å². The van der Waals surface area contributed by atoms with Gasteiger partial charge in [0, 0.05) is 26.1 Å². The van der Waals surface area contributed by atoms with Crippen molar-refractivity contribution in [3.63, 3.8) is 0 Å². The number of likely N-dealkylation sites (N-methyl/N-ethyl adjacent to an activating group) is 1. The maximum Gasteiger partial charge on any atom is 0.317 e. The Bertz CT molecular complexity index is 460. The fourth-order valence-corrected chi connectivity index (χ4v) is 2.89. The van der Waals surface area contributed by atoms with Gasteiger partial charge in [-0.3, -0.25) is 0 Å². The Labute approximate surface area is 120 Å². The highest BCUT2D eigenvalue weighted by atomic mass is 16.3. The molecular weight excluding hydrogens is 252 g/mol. The molecule has 2 atom stereocenters. The van der Waals surface area contributed by atoms with Crippen LogP contribution in [0.15, 0.2) is 24.3 Å². The Balaban J connectivity index is 1.90. The highest BCUT2D eigenvalue weighted by molar-refractivity contribution is 5.73. The molecule has 0 saturated carbocycles. The lowest BCUT2D eigenvalue weighted by molar-refractivity contribution is 0.143. The second kappa shape index (κ2) is 6.75. The zero-order valence-electron chi connectivity index (χ0n) is 12.3. The fraction of sp³-hybridized carbons (Fsp3) is 0.562. The van der Waals surface area contributed by atoms with Crippen LogP contribution in [0, 0.1) is 0 Å². The summed E-state index contributed by atoms with van der Waals surface area (Å²) in [5.74, 6) is 0.406. The Morgan fingerprint density at radius 1 is 1.50 bits per heavy atom. The van der Waals surface area contributed by atoms with Crippen molar-refractivity contribution in [3.05, 3.63) is 35.4 Å². The molecule has 2 unspecified atom stereocenters. The Morgan fingerprint density at radius 3 is 3.00 bits per heavy atom. The van der Waals surface area contributed by atoms with Crippen LogP contribution in [0.4, 0.5) is 4.79 Å². The summed E-state index contributed by atoms with van der Waals surface area (Å²) in [6.07, 6.45) is 2.95. The number of hydrogen-bond donors (Lipinski definition) is 2. The van der Waals surface area contributed by atoms with Crippen LogP contribution in [0.3, 0.4) is 0 Å². The molecule has 2 amide bonds. The van der Waals surface area contributed by atoms with Gasteiger partial charge in [0.1, 0.15) is 0 Å². The zero-order valence-corrected chi connectivity index (χ0v) is 12.3. The third-order valence-electron chi connectivity index (χ3n) is 3.88. The van der Waals surface area contributed by atoms with Gasteiger partial charge in [0.2, 0.25) is 0 Å². The van der Waals surface area contributed by atoms with E-state index in [1.54, 1.807) is 14.0 Å². The van der Waals surface area contributed by atoms with Gasteiger partial charge in [-0.05, 0) is 37.3 Å². The van der Waals surface area contributed by atoms with Crippen molar-refractivity contribution < 1.29 is 9.90 Å². The summed E-state index contributed by atoms with van der Waals surface area (Å²) in [4.78, 5) is 13.5. The summed E-state index contributed by atoms with van der Waals surface area (Å²) < 4.78 is 0. The summed E-state index contributed by atoms with van der Waals surface area (Å²) in [6.45, 7) is 2.70. The van der Waals surface area contributed by atoms with E-state index in [-0.39, 0.29) is 6.03 Å². The normalized spacial score (nSPS) is 19.1. The first-order valence-corrected chi connectivity index (χ1v) is 7.32. The first-order chi connectivity index (χ1) is 9.58. The number of hydrogen-bond acceptors (Lipinski definition) is 2. The number of amides is 2. The van der Waals surface area contributed by atoms with Crippen molar-refractivity contribution in [1.29, 1.82) is 0 Å². The summed E-state index contributed by atoms with van der Waals surface area (Å²) in [6, 6.07) is 8.39. The summed E-state index contributed by atoms with van der Waals surface area (Å²) in [5, 5.41) is 12.3. The molecule has 1 aromatic carbocycles. The number of rotatable bonds is 4. The van der Waals surface area contributed by atoms with Gasteiger partial charge >= 0.3 is 6.03 Å². The van der Waals surface area contributed by atoms with Gasteiger partial charge in [-0.1, -0.05) is 24.3 Å². The molecule has 0 heterocycles. The molecule has 0 saturated heterocycles. The fourth-order valence-electron chi connectivity index (χ4n) is 2.89. The van der Waals surface area contributed by atoms with Crippen LogP contribution in [0.25, 0.3) is 0 Å². The van der Waals surface area contributed by atoms with Gasteiger partial charge in [0.15, 0.2) is 0 Å². The summed E-state index contributed by atoms with van der Waals surface area (Å²) >= 11 is 0. The molecule has 0 aromatic heterocycles. The zero-order chi connectivity index (χ0) is 14.5. The standard InChI is InChI=1S/C16H24N2O2/c1-12(19)11-18(2)16(20)17-10-14-8-5-7-13-6-3-4-9-15(13)14/h3-4,6,9,12,14,19H,5,7-8,10-11H2,1-2H3,(H,17,20). The Hall–Kier alpha value is -1.55. The molecule has 4 nitrogen and oxygen atoms in total. The van der Waals surface area contributed by atoms with E-state index in [0.29, 0.717) is 19.0 Å². The molecule has 0 spiro atoms. The smallest absolute Gasteiger partial charge is 0.317 e. The van der Waals surface area contributed by atoms with Gasteiger partial charge in [-0.2, -0.15) is 0 Å². The van der Waals surface area contributed by atoms with Crippen LogP contribution in [-0.2, 0) is 6.42 Å². The number of benzene rings is 1. The number of aryl methyl sites for hydroxylation is 1. The van der Waals surface area contributed by atoms with E-state index in [2.05, 4.69) is 29.6 Å². The minimum Gasteiger partial charge on any atom is -0.392 e. The molecule has 0 radical (unpaired) electrons. The SMILES string of the molecule is CC(O)CN(C)C(=O)NCC1CCCc2ccccc21. The predicted octanol–water partition coefficient (Wildman–Crippen LogP) is 2.13. The van der Waals surface area contributed by atoms with Crippen molar-refractivity contribution in [2.24, 2.45) is 0 Å². The summed E-state index contributed by atoms with van der Waals surface area (Å²) in [7, 11) is 1.71. The third kappa shape index (κ3) is 3.73. The largest absolute Gasteiger partial charge is 0.392 e. The Morgan fingerprint density at radius 2 is 2.25 bits per heavy atom. The van der Waals surface area contributed by atoms with Crippen molar-refractivity contribution in [1.82, 2.24) is 10.2 Å². The molecule has 1 aliphatic rings. The van der Waals surface area contributed by atoms with E-state index in [1.165, 1.54) is 22.4 Å². The average molecular weight is 276 g/mol. The van der Waals surface area contributed by atoms with E-state index >= 15 is 0 Å². The number of carbonyl (C=O) groups excluding carboxylic acids is 1. The molecule has 1 aliphatic carbocycles. The quantitative estimate of drug-likeness (QED) is 0.885. The minimum absolute atomic E-state index is 0.117. The molecular formula is C16H24N2O2. The Kier molecular flexibility index (Phi) is 5.01. The highest BCUT2D eigenvalue weighted by Crippen LogP contribution is 2.30. The van der Waals surface area contributed by atoms with Crippen LogP contribution in [-0.4, -0.2) is 42.3 Å². The molecule has 2 rings (SSSR count). The van der Waals surface area contributed by atoms with Gasteiger partial charge < -0.3 is 15.3 Å². The second-order valence-corrected chi connectivity index (χ2v) is 5.70. The molecule has 0 fully saturated rings. The topological polar surface area (TPSA) is 52.6 Å². The molecule has 110 valence electrons. The van der Waals surface area contributed by atoms with Crippen molar-refractivity contribution >= 4 is 6.03 Å². The van der Waals surface area contributed by atoms with Crippen LogP contribution in [0.1, 0.15) is 36.8 Å². The van der Waals surface area contributed by atoms with E-state index in [1.807, 2.05) is 0 Å². The average Bonchev–Trinajstić information content (AvgIpc) is 2.44. The number of nitrogens with zero attached hydrogens (tertiary/aromatic N) is 1. The second-order valence-electron chi connectivity index (χ2n) is 5.70. The van der Waals surface area contributed by atoms with E-state index in [0.717, 1.165) is 12.8 Å². The van der Waals surface area contributed by atoms with Gasteiger partial charge in [-0.15, -0.1) is 0 Å². The number of aliphatic hydroxyl groups excluding tert-OH is 1. The molecule has 2 N–H and O–H groups in total. The van der Waals surface area contributed by atoms with Gasteiger partial charge in [-0.25, -0.2) is 4.79 Å². The molecule has 20 heavy (non-hydrogen) atoms. The first-order valence-electron chi connectivity index (χ1n) is 7.32. The lowest BCUT2D eigenvalue weighted by Crippen LogP contribution is -2.42. The van der Waals surface area contributed by atoms with Crippen LogP contribution in [0.5, 0.6) is 0 Å². The maximum atomic E-state index is 11.9. The highest BCUT2D eigenvalue weighted by Gasteiger charge is 2.21.